The van der Waals surface area contributed by atoms with Gasteiger partial charge in [-0.2, -0.15) is 0 Å². The molecule has 0 saturated carbocycles. The molecule has 0 saturated heterocycles. The van der Waals surface area contributed by atoms with Crippen LogP contribution in [0.2, 0.25) is 0 Å². The van der Waals surface area contributed by atoms with Gasteiger partial charge in [0.2, 0.25) is 6.79 Å². The van der Waals surface area contributed by atoms with Crippen LogP contribution in [-0.2, 0) is 9.53 Å². The summed E-state index contributed by atoms with van der Waals surface area (Å²) in [6.45, 7) is 1.56. The second-order valence-corrected chi connectivity index (χ2v) is 5.12. The van der Waals surface area contributed by atoms with Crippen LogP contribution in [0.1, 0.15) is 17.3 Å². The number of ether oxygens (including phenoxy) is 3. The molecular formula is C17H14FNO5. The van der Waals surface area contributed by atoms with E-state index in [0.29, 0.717) is 17.2 Å². The number of esters is 1. The van der Waals surface area contributed by atoms with Crippen LogP contribution in [0.25, 0.3) is 0 Å². The number of rotatable bonds is 4. The Morgan fingerprint density at radius 3 is 2.75 bits per heavy atom. The molecule has 2 aromatic rings. The molecule has 1 atom stereocenters. The van der Waals surface area contributed by atoms with Gasteiger partial charge in [0.25, 0.3) is 5.91 Å². The molecule has 0 fully saturated rings. The lowest BCUT2D eigenvalue weighted by atomic mass is 10.2. The summed E-state index contributed by atoms with van der Waals surface area (Å²) in [6, 6.07) is 9.99. The molecular weight excluding hydrogens is 317 g/mol. The number of amides is 1. The van der Waals surface area contributed by atoms with E-state index in [-0.39, 0.29) is 12.4 Å². The minimum absolute atomic E-state index is 0.0396. The molecule has 0 aromatic heterocycles. The molecule has 1 heterocycles. The number of carbonyl (C=O) groups excluding carboxylic acids is 2. The molecule has 1 aliphatic rings. The maximum absolute atomic E-state index is 13.1. The van der Waals surface area contributed by atoms with E-state index in [1.165, 1.54) is 25.1 Å². The van der Waals surface area contributed by atoms with Crippen molar-refractivity contribution in [1.29, 1.82) is 0 Å². The van der Waals surface area contributed by atoms with Crippen molar-refractivity contribution in [3.05, 3.63) is 53.8 Å². The second-order valence-electron chi connectivity index (χ2n) is 5.12. The third-order valence-electron chi connectivity index (χ3n) is 3.35. The number of benzene rings is 2. The van der Waals surface area contributed by atoms with Crippen molar-refractivity contribution < 1.29 is 28.2 Å². The summed E-state index contributed by atoms with van der Waals surface area (Å²) in [4.78, 5) is 24.0. The number of halogens is 1. The molecule has 1 N–H and O–H groups in total. The summed E-state index contributed by atoms with van der Waals surface area (Å²) >= 11 is 0. The first-order valence-corrected chi connectivity index (χ1v) is 7.20. The van der Waals surface area contributed by atoms with Crippen LogP contribution in [0, 0.1) is 5.82 Å². The molecule has 24 heavy (non-hydrogen) atoms. The second kappa shape index (κ2) is 6.57. The zero-order valence-corrected chi connectivity index (χ0v) is 12.7. The SMILES string of the molecule is C[C@H](OC(=O)c1cccc(F)c1)C(=O)Nc1ccc2c(c1)OCO2. The van der Waals surface area contributed by atoms with Gasteiger partial charge in [-0.1, -0.05) is 6.07 Å². The van der Waals surface area contributed by atoms with E-state index < -0.39 is 23.8 Å². The molecule has 0 bridgehead atoms. The van der Waals surface area contributed by atoms with Gasteiger partial charge in [-0.15, -0.1) is 0 Å². The van der Waals surface area contributed by atoms with E-state index in [1.807, 2.05) is 0 Å². The molecule has 2 aromatic carbocycles. The standard InChI is InChI=1S/C17H14FNO5/c1-10(24-17(21)11-3-2-4-12(18)7-11)16(20)19-13-5-6-14-15(8-13)23-9-22-14/h2-8,10H,9H2,1H3,(H,19,20)/t10-/m0/s1. The fraction of sp³-hybridized carbons (Fsp3) is 0.176. The van der Waals surface area contributed by atoms with E-state index in [0.717, 1.165) is 6.07 Å². The highest BCUT2D eigenvalue weighted by Crippen LogP contribution is 2.34. The third-order valence-corrected chi connectivity index (χ3v) is 3.35. The van der Waals surface area contributed by atoms with Gasteiger partial charge < -0.3 is 19.5 Å². The lowest BCUT2D eigenvalue weighted by Gasteiger charge is -2.13. The number of hydrogen-bond donors (Lipinski definition) is 1. The largest absolute Gasteiger partial charge is 0.454 e. The minimum Gasteiger partial charge on any atom is -0.454 e. The normalized spacial score (nSPS) is 13.2. The van der Waals surface area contributed by atoms with Crippen molar-refractivity contribution >= 4 is 17.6 Å². The van der Waals surface area contributed by atoms with Crippen molar-refractivity contribution in [2.24, 2.45) is 0 Å². The molecule has 0 radical (unpaired) electrons. The highest BCUT2D eigenvalue weighted by atomic mass is 19.1. The van der Waals surface area contributed by atoms with Gasteiger partial charge in [0.1, 0.15) is 5.82 Å². The lowest BCUT2D eigenvalue weighted by molar-refractivity contribution is -0.123. The Balaban J connectivity index is 1.61. The zero-order chi connectivity index (χ0) is 17.1. The van der Waals surface area contributed by atoms with Gasteiger partial charge in [-0.3, -0.25) is 4.79 Å². The third kappa shape index (κ3) is 3.45. The molecule has 0 spiro atoms. The van der Waals surface area contributed by atoms with Gasteiger partial charge >= 0.3 is 5.97 Å². The Hall–Kier alpha value is -3.09. The van der Waals surface area contributed by atoms with Crippen LogP contribution in [0.15, 0.2) is 42.5 Å². The molecule has 3 rings (SSSR count). The van der Waals surface area contributed by atoms with Crippen molar-refractivity contribution in [1.82, 2.24) is 0 Å². The highest BCUT2D eigenvalue weighted by Gasteiger charge is 2.20. The van der Waals surface area contributed by atoms with Crippen LogP contribution < -0.4 is 14.8 Å². The minimum atomic E-state index is -1.05. The van der Waals surface area contributed by atoms with Crippen molar-refractivity contribution in [2.45, 2.75) is 13.0 Å². The highest BCUT2D eigenvalue weighted by molar-refractivity contribution is 5.97. The quantitative estimate of drug-likeness (QED) is 0.872. The van der Waals surface area contributed by atoms with Crippen molar-refractivity contribution in [3.63, 3.8) is 0 Å². The summed E-state index contributed by atoms with van der Waals surface area (Å²) in [5, 5.41) is 2.61. The first kappa shape index (κ1) is 15.8. The summed E-state index contributed by atoms with van der Waals surface area (Å²) < 4.78 is 28.6. The predicted molar refractivity (Wildman–Crippen MR) is 82.5 cm³/mol. The van der Waals surface area contributed by atoms with Gasteiger partial charge in [0.05, 0.1) is 5.56 Å². The Morgan fingerprint density at radius 1 is 1.17 bits per heavy atom. The first-order valence-electron chi connectivity index (χ1n) is 7.20. The molecule has 7 heteroatoms. The van der Waals surface area contributed by atoms with Crippen molar-refractivity contribution in [3.8, 4) is 11.5 Å². The molecule has 1 amide bonds. The summed E-state index contributed by atoms with van der Waals surface area (Å²) in [6.07, 6.45) is -1.05. The summed E-state index contributed by atoms with van der Waals surface area (Å²) in [7, 11) is 0. The monoisotopic (exact) mass is 331 g/mol. The van der Waals surface area contributed by atoms with Gasteiger partial charge in [-0.25, -0.2) is 9.18 Å². The molecule has 0 aliphatic carbocycles. The molecule has 6 nitrogen and oxygen atoms in total. The number of nitrogens with one attached hydrogen (secondary N) is 1. The van der Waals surface area contributed by atoms with E-state index in [2.05, 4.69) is 5.32 Å². The maximum atomic E-state index is 13.1. The van der Waals surface area contributed by atoms with Gasteiger partial charge in [0.15, 0.2) is 17.6 Å². The lowest BCUT2D eigenvalue weighted by Crippen LogP contribution is -2.30. The Bertz CT molecular complexity index is 792. The fourth-order valence-electron chi connectivity index (χ4n) is 2.12. The van der Waals surface area contributed by atoms with Crippen LogP contribution >= 0.6 is 0 Å². The average molecular weight is 331 g/mol. The smallest absolute Gasteiger partial charge is 0.339 e. The summed E-state index contributed by atoms with van der Waals surface area (Å²) in [5.41, 5.74) is 0.524. The molecule has 0 unspecified atom stereocenters. The number of hydrogen-bond acceptors (Lipinski definition) is 5. The van der Waals surface area contributed by atoms with Crippen LogP contribution in [0.3, 0.4) is 0 Å². The van der Waals surface area contributed by atoms with Crippen molar-refractivity contribution in [2.75, 3.05) is 12.1 Å². The maximum Gasteiger partial charge on any atom is 0.339 e. The van der Waals surface area contributed by atoms with Gasteiger partial charge in [0, 0.05) is 11.8 Å². The number of fused-ring (bicyclic) bond motifs is 1. The van der Waals surface area contributed by atoms with E-state index in [4.69, 9.17) is 14.2 Å². The van der Waals surface area contributed by atoms with E-state index in [1.54, 1.807) is 18.2 Å². The van der Waals surface area contributed by atoms with E-state index >= 15 is 0 Å². The number of anilines is 1. The molecule has 124 valence electrons. The van der Waals surface area contributed by atoms with Crippen LogP contribution in [0.4, 0.5) is 10.1 Å². The Labute approximate surface area is 137 Å². The fourth-order valence-corrected chi connectivity index (χ4v) is 2.12. The average Bonchev–Trinajstić information content (AvgIpc) is 3.02. The summed E-state index contributed by atoms with van der Waals surface area (Å²) in [5.74, 6) is -0.723. The number of carbonyl (C=O) groups is 2. The topological polar surface area (TPSA) is 73.9 Å². The Kier molecular flexibility index (Phi) is 4.33. The van der Waals surface area contributed by atoms with Crippen LogP contribution in [-0.4, -0.2) is 24.8 Å². The van der Waals surface area contributed by atoms with Crippen LogP contribution in [0.5, 0.6) is 11.5 Å². The molecule has 1 aliphatic heterocycles. The van der Waals surface area contributed by atoms with E-state index in [9.17, 15) is 14.0 Å². The first-order chi connectivity index (χ1) is 11.5. The van der Waals surface area contributed by atoms with Gasteiger partial charge in [-0.05, 0) is 37.3 Å². The Morgan fingerprint density at radius 2 is 1.96 bits per heavy atom. The zero-order valence-electron chi connectivity index (χ0n) is 12.7. The predicted octanol–water partition coefficient (Wildman–Crippen LogP) is 2.74.